The van der Waals surface area contributed by atoms with Crippen LogP contribution < -0.4 is 10.6 Å². The molecule has 0 saturated carbocycles. The maximum absolute atomic E-state index is 4.35. The van der Waals surface area contributed by atoms with E-state index in [4.69, 9.17) is 0 Å². The summed E-state index contributed by atoms with van der Waals surface area (Å²) in [5.74, 6) is 0. The van der Waals surface area contributed by atoms with E-state index in [1.54, 1.807) is 11.3 Å². The number of hydrogen-bond acceptors (Lipinski definition) is 4. The number of hydrogen-bond donors (Lipinski definition) is 2. The van der Waals surface area contributed by atoms with Crippen molar-refractivity contribution in [2.45, 2.75) is 45.7 Å². The summed E-state index contributed by atoms with van der Waals surface area (Å²) in [4.78, 5) is 4.35. The molecule has 1 heterocycles. The summed E-state index contributed by atoms with van der Waals surface area (Å²) in [7, 11) is 0. The molecule has 16 heavy (non-hydrogen) atoms. The Morgan fingerprint density at radius 1 is 1.38 bits per heavy atom. The van der Waals surface area contributed by atoms with Gasteiger partial charge in [0.1, 0.15) is 5.01 Å². The first-order valence-corrected chi connectivity index (χ1v) is 6.78. The molecule has 4 heteroatoms. The number of nitrogens with zero attached hydrogens (tertiary/aromatic N) is 1. The van der Waals surface area contributed by atoms with Gasteiger partial charge >= 0.3 is 0 Å². The largest absolute Gasteiger partial charge is 0.311 e. The van der Waals surface area contributed by atoms with Gasteiger partial charge in [-0.05, 0) is 27.2 Å². The zero-order valence-electron chi connectivity index (χ0n) is 10.7. The molecule has 1 unspecified atom stereocenters. The van der Waals surface area contributed by atoms with Gasteiger partial charge in [0.25, 0.3) is 0 Å². The molecule has 0 aliphatic heterocycles. The van der Waals surface area contributed by atoms with E-state index in [-0.39, 0.29) is 5.54 Å². The molecule has 1 rings (SSSR count). The van der Waals surface area contributed by atoms with Crippen LogP contribution in [0.1, 0.15) is 45.2 Å². The van der Waals surface area contributed by atoms with Gasteiger partial charge < -0.3 is 10.6 Å². The lowest BCUT2D eigenvalue weighted by molar-refractivity contribution is 0.408. The van der Waals surface area contributed by atoms with Crippen LogP contribution in [-0.4, -0.2) is 23.6 Å². The first-order valence-electron chi connectivity index (χ1n) is 5.90. The highest BCUT2D eigenvalue weighted by molar-refractivity contribution is 7.09. The average Bonchev–Trinajstić information content (AvgIpc) is 2.69. The second-order valence-electron chi connectivity index (χ2n) is 4.96. The van der Waals surface area contributed by atoms with Gasteiger partial charge in [0.2, 0.25) is 0 Å². The van der Waals surface area contributed by atoms with Crippen LogP contribution in [0.4, 0.5) is 0 Å². The Labute approximate surface area is 103 Å². The van der Waals surface area contributed by atoms with Gasteiger partial charge in [0.15, 0.2) is 0 Å². The predicted octanol–water partition coefficient (Wildman–Crippen LogP) is 2.57. The van der Waals surface area contributed by atoms with Gasteiger partial charge in [-0.3, -0.25) is 0 Å². The third-order valence-corrected chi connectivity index (χ3v) is 3.22. The van der Waals surface area contributed by atoms with Gasteiger partial charge in [-0.2, -0.15) is 0 Å². The fraction of sp³-hybridized carbons (Fsp3) is 0.750. The summed E-state index contributed by atoms with van der Waals surface area (Å²) in [6.45, 7) is 10.7. The first-order chi connectivity index (χ1) is 7.53. The lowest BCUT2D eigenvalue weighted by Gasteiger charge is -2.22. The summed E-state index contributed by atoms with van der Waals surface area (Å²) in [5, 5.41) is 10.2. The maximum atomic E-state index is 4.35. The van der Waals surface area contributed by atoms with Crippen molar-refractivity contribution in [1.29, 1.82) is 0 Å². The number of aromatic nitrogens is 1. The second kappa shape index (κ2) is 6.33. The van der Waals surface area contributed by atoms with Gasteiger partial charge in [0.05, 0.1) is 6.04 Å². The Morgan fingerprint density at radius 2 is 2.12 bits per heavy atom. The number of thiazole rings is 1. The highest BCUT2D eigenvalue weighted by Crippen LogP contribution is 2.18. The third kappa shape index (κ3) is 5.05. The predicted molar refractivity (Wildman–Crippen MR) is 70.9 cm³/mol. The van der Waals surface area contributed by atoms with Crippen molar-refractivity contribution in [3.63, 3.8) is 0 Å². The van der Waals surface area contributed by atoms with Gasteiger partial charge in [0, 0.05) is 30.2 Å². The maximum Gasteiger partial charge on any atom is 0.109 e. The Bertz CT molecular complexity index is 277. The van der Waals surface area contributed by atoms with Crippen molar-refractivity contribution in [2.75, 3.05) is 13.1 Å². The quantitative estimate of drug-likeness (QED) is 0.752. The zero-order valence-corrected chi connectivity index (χ0v) is 11.5. The molecule has 0 bridgehead atoms. The lowest BCUT2D eigenvalue weighted by atomic mass is 10.1. The topological polar surface area (TPSA) is 37.0 Å². The van der Waals surface area contributed by atoms with Crippen molar-refractivity contribution < 1.29 is 0 Å². The molecule has 1 aromatic rings. The fourth-order valence-electron chi connectivity index (χ4n) is 1.50. The molecule has 1 atom stereocenters. The van der Waals surface area contributed by atoms with E-state index in [1.165, 1.54) is 5.01 Å². The van der Waals surface area contributed by atoms with Crippen LogP contribution in [0.3, 0.4) is 0 Å². The molecule has 0 fully saturated rings. The van der Waals surface area contributed by atoms with Crippen LogP contribution in [-0.2, 0) is 0 Å². The molecule has 0 amide bonds. The van der Waals surface area contributed by atoms with Crippen molar-refractivity contribution in [2.24, 2.45) is 0 Å². The normalized spacial score (nSPS) is 14.0. The van der Waals surface area contributed by atoms with Gasteiger partial charge in [-0.15, -0.1) is 11.3 Å². The van der Waals surface area contributed by atoms with E-state index < -0.39 is 0 Å². The molecular weight excluding hydrogens is 218 g/mol. The van der Waals surface area contributed by atoms with E-state index in [1.807, 2.05) is 11.6 Å². The van der Waals surface area contributed by atoms with Gasteiger partial charge in [-0.25, -0.2) is 4.98 Å². The summed E-state index contributed by atoms with van der Waals surface area (Å²) < 4.78 is 0. The second-order valence-corrected chi connectivity index (χ2v) is 5.89. The first kappa shape index (κ1) is 13.6. The molecule has 0 spiro atoms. The molecule has 0 radical (unpaired) electrons. The van der Waals surface area contributed by atoms with Crippen LogP contribution in [0, 0.1) is 0 Å². The molecule has 0 saturated heterocycles. The highest BCUT2D eigenvalue weighted by Gasteiger charge is 2.11. The van der Waals surface area contributed by atoms with E-state index in [2.05, 4.69) is 43.3 Å². The standard InChI is InChI=1S/C12H23N3S/c1-5-10(11-14-8-9-16-11)13-6-7-15-12(2,3)4/h8-10,13,15H,5-7H2,1-4H3. The Kier molecular flexibility index (Phi) is 5.38. The molecule has 0 aliphatic rings. The smallest absolute Gasteiger partial charge is 0.109 e. The Morgan fingerprint density at radius 3 is 2.62 bits per heavy atom. The third-order valence-electron chi connectivity index (χ3n) is 2.33. The lowest BCUT2D eigenvalue weighted by Crippen LogP contribution is -2.40. The molecule has 0 aliphatic carbocycles. The highest BCUT2D eigenvalue weighted by atomic mass is 32.1. The summed E-state index contributed by atoms with van der Waals surface area (Å²) >= 11 is 1.73. The molecule has 0 aromatic carbocycles. The summed E-state index contributed by atoms with van der Waals surface area (Å²) in [6, 6.07) is 0.404. The minimum atomic E-state index is 0.199. The summed E-state index contributed by atoms with van der Waals surface area (Å²) in [5.41, 5.74) is 0.199. The van der Waals surface area contributed by atoms with Gasteiger partial charge in [-0.1, -0.05) is 6.92 Å². The molecular formula is C12H23N3S. The number of nitrogens with one attached hydrogen (secondary N) is 2. The molecule has 1 aromatic heterocycles. The summed E-state index contributed by atoms with van der Waals surface area (Å²) in [6.07, 6.45) is 2.96. The van der Waals surface area contributed by atoms with Crippen LogP contribution in [0.5, 0.6) is 0 Å². The zero-order chi connectivity index (χ0) is 12.0. The van der Waals surface area contributed by atoms with Crippen molar-refractivity contribution in [1.82, 2.24) is 15.6 Å². The van der Waals surface area contributed by atoms with Crippen molar-refractivity contribution in [3.05, 3.63) is 16.6 Å². The molecule has 2 N–H and O–H groups in total. The average molecular weight is 241 g/mol. The fourth-order valence-corrected chi connectivity index (χ4v) is 2.29. The van der Waals surface area contributed by atoms with Crippen molar-refractivity contribution in [3.8, 4) is 0 Å². The van der Waals surface area contributed by atoms with E-state index >= 15 is 0 Å². The van der Waals surface area contributed by atoms with Crippen LogP contribution >= 0.6 is 11.3 Å². The van der Waals surface area contributed by atoms with Crippen LogP contribution in [0.15, 0.2) is 11.6 Å². The minimum absolute atomic E-state index is 0.199. The van der Waals surface area contributed by atoms with E-state index in [0.717, 1.165) is 19.5 Å². The van der Waals surface area contributed by atoms with E-state index in [9.17, 15) is 0 Å². The van der Waals surface area contributed by atoms with Crippen molar-refractivity contribution >= 4 is 11.3 Å². The molecule has 3 nitrogen and oxygen atoms in total. The van der Waals surface area contributed by atoms with Crippen LogP contribution in [0.2, 0.25) is 0 Å². The van der Waals surface area contributed by atoms with Crippen LogP contribution in [0.25, 0.3) is 0 Å². The monoisotopic (exact) mass is 241 g/mol. The van der Waals surface area contributed by atoms with E-state index in [0.29, 0.717) is 6.04 Å². The Hall–Kier alpha value is -0.450. The SMILES string of the molecule is CCC(NCCNC(C)(C)C)c1nccs1. The number of rotatable bonds is 6. The minimum Gasteiger partial charge on any atom is -0.311 e. The molecule has 92 valence electrons. The Balaban J connectivity index is 2.25.